The van der Waals surface area contributed by atoms with E-state index in [1.807, 2.05) is 15.6 Å². The van der Waals surface area contributed by atoms with Gasteiger partial charge in [0.1, 0.15) is 0 Å². The number of rotatable bonds is 0. The molecule has 0 aromatic carbocycles. The molecule has 0 aliphatic carbocycles. The Morgan fingerprint density at radius 2 is 1.60 bits per heavy atom. The zero-order valence-corrected chi connectivity index (χ0v) is 4.20. The van der Waals surface area contributed by atoms with Crippen LogP contribution in [0.5, 0.6) is 0 Å². The first-order chi connectivity index (χ1) is 2.00. The van der Waals surface area contributed by atoms with Crippen molar-refractivity contribution in [3.8, 4) is 0 Å². The molecule has 0 aromatic heterocycles. The molecule has 0 radical (unpaired) electrons. The second-order valence-corrected chi connectivity index (χ2v) is 3.48. The molecule has 0 bridgehead atoms. The quantitative estimate of drug-likeness (QED) is 0.352. The fourth-order valence-corrected chi connectivity index (χ4v) is 0. The van der Waals surface area contributed by atoms with Crippen LogP contribution in [-0.4, -0.2) is 9.79 Å². The maximum atomic E-state index is 9.24. The third-order valence-corrected chi connectivity index (χ3v) is 0. The van der Waals surface area contributed by atoms with E-state index >= 15 is 0 Å². The third-order valence-electron chi connectivity index (χ3n) is 0. The van der Waals surface area contributed by atoms with E-state index in [-0.39, 0.29) is 0 Å². The molecule has 0 amide bonds. The van der Waals surface area contributed by atoms with Crippen LogP contribution < -0.4 is 0 Å². The first kappa shape index (κ1) is 5.67. The van der Waals surface area contributed by atoms with Gasteiger partial charge in [0.2, 0.25) is 0 Å². The van der Waals surface area contributed by atoms with Gasteiger partial charge in [-0.2, -0.15) is 0 Å². The molecule has 5 heteroatoms. The van der Waals surface area contributed by atoms with Crippen molar-refractivity contribution in [1.82, 2.24) is 0 Å². The molecule has 3 nitrogen and oxygen atoms in total. The molecular weight excluding hydrogens is 134 g/mol. The molecule has 2 N–H and O–H groups in total. The molecular formula is H2MnO3P. The van der Waals surface area contributed by atoms with Gasteiger partial charge in [-0.25, -0.2) is 0 Å². The van der Waals surface area contributed by atoms with E-state index in [4.69, 9.17) is 9.79 Å². The van der Waals surface area contributed by atoms with Gasteiger partial charge in [-0.1, -0.05) is 0 Å². The van der Waals surface area contributed by atoms with Gasteiger partial charge >= 0.3 is 36.2 Å². The average Bonchev–Trinajstić information content (AvgIpc) is 0.722. The van der Waals surface area contributed by atoms with Crippen molar-refractivity contribution in [2.75, 3.05) is 0 Å². The molecule has 0 rings (SSSR count). The fraction of sp³-hybridized carbons (Fsp3) is 0. The predicted octanol–water partition coefficient (Wildman–Crippen LogP) is -0.374. The molecule has 0 unspecified atom stereocenters. The van der Waals surface area contributed by atoms with Crippen LogP contribution in [0.2, 0.25) is 0 Å². The number of hydrogen-bond acceptors (Lipinski definition) is 1. The summed E-state index contributed by atoms with van der Waals surface area (Å²) in [6.45, 7) is 0. The molecule has 0 fully saturated rings. The topological polar surface area (TPSA) is 57.5 Å². The number of hydrogen-bond donors (Lipinski definition) is 2. The van der Waals surface area contributed by atoms with Crippen LogP contribution in [0.15, 0.2) is 0 Å². The van der Waals surface area contributed by atoms with E-state index < -0.39 is 6.29 Å². The average molecular weight is 136 g/mol. The first-order valence-electron chi connectivity index (χ1n) is 0.752. The Bertz CT molecular complexity index is 53.0. The zero-order chi connectivity index (χ0) is 4.50. The van der Waals surface area contributed by atoms with Crippen LogP contribution in [0.1, 0.15) is 0 Å². The third kappa shape index (κ3) is 74.2. The van der Waals surface area contributed by atoms with Gasteiger partial charge in [0.15, 0.2) is 0 Å². The summed E-state index contributed by atoms with van der Waals surface area (Å²) in [7, 11) is 0. The molecule has 0 aliphatic heterocycles. The predicted molar refractivity (Wildman–Crippen MR) is 12.0 cm³/mol. The summed E-state index contributed by atoms with van der Waals surface area (Å²) in [6.07, 6.45) is -3.83. The van der Waals surface area contributed by atoms with E-state index in [2.05, 4.69) is 0 Å². The molecule has 0 saturated heterocycles. The van der Waals surface area contributed by atoms with Crippen LogP contribution in [0.3, 0.4) is 0 Å². The summed E-state index contributed by atoms with van der Waals surface area (Å²) in [5, 5.41) is 0. The van der Waals surface area contributed by atoms with E-state index in [9.17, 15) is 4.57 Å². The molecule has 0 saturated carbocycles. The Morgan fingerprint density at radius 3 is 1.60 bits per heavy atom. The summed E-state index contributed by atoms with van der Waals surface area (Å²) in [4.78, 5) is 15.1. The summed E-state index contributed by atoms with van der Waals surface area (Å²) in [5.41, 5.74) is 0. The molecule has 0 aromatic rings. The Kier molecular flexibility index (Phi) is 1.60. The Morgan fingerprint density at radius 1 is 1.60 bits per heavy atom. The van der Waals surface area contributed by atoms with Gasteiger partial charge in [0, 0.05) is 0 Å². The van der Waals surface area contributed by atoms with Gasteiger partial charge in [0.05, 0.1) is 0 Å². The SMILES string of the molecule is O=[P](O)(O)[Mn]. The summed E-state index contributed by atoms with van der Waals surface area (Å²) in [6, 6.07) is 0. The maximum absolute atomic E-state index is 9.24. The molecule has 0 heterocycles. The van der Waals surface area contributed by atoms with E-state index in [1.54, 1.807) is 0 Å². The minimum atomic E-state index is -3.83. The van der Waals surface area contributed by atoms with Crippen LogP contribution in [-0.2, 0) is 20.1 Å². The molecule has 0 atom stereocenters. The van der Waals surface area contributed by atoms with Gasteiger partial charge < -0.3 is 0 Å². The van der Waals surface area contributed by atoms with Gasteiger partial charge in [-0.15, -0.1) is 0 Å². The Labute approximate surface area is 37.0 Å². The van der Waals surface area contributed by atoms with Crippen molar-refractivity contribution in [3.63, 3.8) is 0 Å². The van der Waals surface area contributed by atoms with Crippen molar-refractivity contribution in [2.24, 2.45) is 0 Å². The normalized spacial score (nSPS) is 11.8. The molecule has 5 heavy (non-hydrogen) atoms. The van der Waals surface area contributed by atoms with Crippen LogP contribution >= 0.6 is 6.29 Å². The molecule has 32 valence electrons. The molecule has 0 aliphatic rings. The van der Waals surface area contributed by atoms with Crippen LogP contribution in [0.25, 0.3) is 0 Å². The Hall–Kier alpha value is 0.669. The monoisotopic (exact) mass is 136 g/mol. The zero-order valence-electron chi connectivity index (χ0n) is 2.13. The minimum absolute atomic E-state index is 2.04. The fourth-order valence-electron chi connectivity index (χ4n) is 0. The van der Waals surface area contributed by atoms with Crippen molar-refractivity contribution in [3.05, 3.63) is 0 Å². The van der Waals surface area contributed by atoms with Gasteiger partial charge in [-0.05, 0) is 0 Å². The van der Waals surface area contributed by atoms with E-state index in [0.29, 0.717) is 0 Å². The second-order valence-electron chi connectivity index (χ2n) is 0.473. The van der Waals surface area contributed by atoms with Crippen molar-refractivity contribution in [2.45, 2.75) is 0 Å². The first-order valence-corrected chi connectivity index (χ1v) is 3.84. The van der Waals surface area contributed by atoms with Crippen molar-refractivity contribution >= 4 is 6.29 Å². The van der Waals surface area contributed by atoms with E-state index in [0.717, 1.165) is 0 Å². The Balaban J connectivity index is 3.47. The standard InChI is InChI=1S/Mn.HO3P/c;1-4(2)3/h;(H-,1,2,3)/q-1;/p+1. The van der Waals surface area contributed by atoms with E-state index in [1.165, 1.54) is 0 Å². The summed E-state index contributed by atoms with van der Waals surface area (Å²) in [5.74, 6) is 0. The summed E-state index contributed by atoms with van der Waals surface area (Å²) >= 11 is 2.04. The van der Waals surface area contributed by atoms with Gasteiger partial charge in [0.25, 0.3) is 0 Å². The summed E-state index contributed by atoms with van der Waals surface area (Å²) < 4.78 is 9.24. The van der Waals surface area contributed by atoms with Crippen molar-refractivity contribution in [1.29, 1.82) is 0 Å². The van der Waals surface area contributed by atoms with Gasteiger partial charge in [-0.3, -0.25) is 0 Å². The molecule has 0 spiro atoms. The van der Waals surface area contributed by atoms with Crippen LogP contribution in [0, 0.1) is 0 Å². The second kappa shape index (κ2) is 1.41. The van der Waals surface area contributed by atoms with Crippen molar-refractivity contribution < 1.29 is 29.9 Å². The van der Waals surface area contributed by atoms with Crippen LogP contribution in [0.4, 0.5) is 0 Å².